The molecule has 2 rings (SSSR count). The van der Waals surface area contributed by atoms with E-state index in [0.717, 1.165) is 15.7 Å². The van der Waals surface area contributed by atoms with Gasteiger partial charge >= 0.3 is 0 Å². The molecule has 0 bridgehead atoms. The molecule has 0 fully saturated rings. The Morgan fingerprint density at radius 1 is 1.21 bits per heavy atom. The molecule has 0 aliphatic carbocycles. The Morgan fingerprint density at radius 2 is 1.95 bits per heavy atom. The summed E-state index contributed by atoms with van der Waals surface area (Å²) in [7, 11) is 1.63. The predicted molar refractivity (Wildman–Crippen MR) is 79.3 cm³/mol. The first-order chi connectivity index (χ1) is 9.19. The molecule has 3 nitrogen and oxygen atoms in total. The molecule has 2 aromatic carbocycles. The van der Waals surface area contributed by atoms with Gasteiger partial charge in [-0.25, -0.2) is 0 Å². The van der Waals surface area contributed by atoms with Crippen LogP contribution in [0.3, 0.4) is 0 Å². The van der Waals surface area contributed by atoms with Gasteiger partial charge in [0, 0.05) is 22.8 Å². The zero-order valence-electron chi connectivity index (χ0n) is 10.5. The van der Waals surface area contributed by atoms with Crippen molar-refractivity contribution in [3.63, 3.8) is 0 Å². The highest BCUT2D eigenvalue weighted by atomic mass is 79.9. The fraction of sp³-hybridized carbons (Fsp3) is 0.133. The van der Waals surface area contributed by atoms with E-state index in [1.807, 2.05) is 42.5 Å². The maximum absolute atomic E-state index is 12.1. The zero-order chi connectivity index (χ0) is 13.7. The van der Waals surface area contributed by atoms with Gasteiger partial charge in [-0.05, 0) is 42.0 Å². The number of ether oxygens (including phenoxy) is 1. The first-order valence-electron chi connectivity index (χ1n) is 5.84. The van der Waals surface area contributed by atoms with Crippen molar-refractivity contribution >= 4 is 27.5 Å². The van der Waals surface area contributed by atoms with Crippen LogP contribution in [0.15, 0.2) is 53.0 Å². The highest BCUT2D eigenvalue weighted by molar-refractivity contribution is 9.10. The molecule has 4 heteroatoms. The number of nitrogens with one attached hydrogen (secondary N) is 1. The second kappa shape index (κ2) is 6.50. The maximum Gasteiger partial charge on any atom is 0.255 e. The lowest BCUT2D eigenvalue weighted by Crippen LogP contribution is -2.12. The molecular weight excluding hydrogens is 306 g/mol. The lowest BCUT2D eigenvalue weighted by molar-refractivity contribution is 0.102. The van der Waals surface area contributed by atoms with Crippen LogP contribution in [-0.2, 0) is 11.3 Å². The second-order valence-electron chi connectivity index (χ2n) is 4.09. The first-order valence-corrected chi connectivity index (χ1v) is 6.63. The number of halogens is 1. The summed E-state index contributed by atoms with van der Waals surface area (Å²) >= 11 is 3.36. The predicted octanol–water partition coefficient (Wildman–Crippen LogP) is 3.85. The lowest BCUT2D eigenvalue weighted by atomic mass is 10.1. The fourth-order valence-corrected chi connectivity index (χ4v) is 1.97. The largest absolute Gasteiger partial charge is 0.380 e. The SMILES string of the molecule is COCc1cccc(C(=O)Nc2ccc(Br)cc2)c1. The van der Waals surface area contributed by atoms with Gasteiger partial charge in [0.1, 0.15) is 0 Å². The summed E-state index contributed by atoms with van der Waals surface area (Å²) in [5, 5.41) is 2.85. The van der Waals surface area contributed by atoms with Crippen molar-refractivity contribution in [1.82, 2.24) is 0 Å². The Kier molecular flexibility index (Phi) is 4.71. The van der Waals surface area contributed by atoms with E-state index in [9.17, 15) is 4.79 Å². The minimum atomic E-state index is -0.125. The first kappa shape index (κ1) is 13.8. The number of hydrogen-bond donors (Lipinski definition) is 1. The molecule has 0 aromatic heterocycles. The average Bonchev–Trinajstić information content (AvgIpc) is 2.42. The average molecular weight is 320 g/mol. The second-order valence-corrected chi connectivity index (χ2v) is 5.01. The number of hydrogen-bond acceptors (Lipinski definition) is 2. The van der Waals surface area contributed by atoms with Gasteiger partial charge < -0.3 is 10.1 Å². The van der Waals surface area contributed by atoms with E-state index in [-0.39, 0.29) is 5.91 Å². The van der Waals surface area contributed by atoms with E-state index >= 15 is 0 Å². The van der Waals surface area contributed by atoms with Gasteiger partial charge in [-0.1, -0.05) is 28.1 Å². The maximum atomic E-state index is 12.1. The van der Waals surface area contributed by atoms with Gasteiger partial charge in [0.25, 0.3) is 5.91 Å². The molecule has 1 N–H and O–H groups in total. The van der Waals surface area contributed by atoms with Crippen LogP contribution in [0.1, 0.15) is 15.9 Å². The van der Waals surface area contributed by atoms with Gasteiger partial charge in [0.2, 0.25) is 0 Å². The highest BCUT2D eigenvalue weighted by Gasteiger charge is 2.06. The quantitative estimate of drug-likeness (QED) is 0.929. The van der Waals surface area contributed by atoms with Crippen LogP contribution in [0.5, 0.6) is 0 Å². The lowest BCUT2D eigenvalue weighted by Gasteiger charge is -2.07. The van der Waals surface area contributed by atoms with Crippen LogP contribution in [0, 0.1) is 0 Å². The highest BCUT2D eigenvalue weighted by Crippen LogP contribution is 2.15. The van der Waals surface area contributed by atoms with Crippen LogP contribution >= 0.6 is 15.9 Å². The third-order valence-corrected chi connectivity index (χ3v) is 3.13. The summed E-state index contributed by atoms with van der Waals surface area (Å²) in [6.07, 6.45) is 0. The molecular formula is C15H14BrNO2. The standard InChI is InChI=1S/C15H14BrNO2/c1-19-10-11-3-2-4-12(9-11)15(18)17-14-7-5-13(16)6-8-14/h2-9H,10H2,1H3,(H,17,18). The Hall–Kier alpha value is -1.65. The zero-order valence-corrected chi connectivity index (χ0v) is 12.1. The van der Waals surface area contributed by atoms with Crippen LogP contribution in [-0.4, -0.2) is 13.0 Å². The number of rotatable bonds is 4. The molecule has 19 heavy (non-hydrogen) atoms. The minimum Gasteiger partial charge on any atom is -0.380 e. The monoisotopic (exact) mass is 319 g/mol. The van der Waals surface area contributed by atoms with E-state index in [2.05, 4.69) is 21.2 Å². The van der Waals surface area contributed by atoms with Crippen LogP contribution in [0.25, 0.3) is 0 Å². The van der Waals surface area contributed by atoms with Crippen molar-refractivity contribution < 1.29 is 9.53 Å². The van der Waals surface area contributed by atoms with Crippen molar-refractivity contribution in [3.8, 4) is 0 Å². The van der Waals surface area contributed by atoms with Gasteiger partial charge in [-0.15, -0.1) is 0 Å². The van der Waals surface area contributed by atoms with E-state index in [0.29, 0.717) is 12.2 Å². The molecule has 0 saturated heterocycles. The van der Waals surface area contributed by atoms with Crippen LogP contribution in [0.4, 0.5) is 5.69 Å². The van der Waals surface area contributed by atoms with E-state index in [4.69, 9.17) is 4.74 Å². The molecule has 0 aliphatic heterocycles. The van der Waals surface area contributed by atoms with Gasteiger partial charge in [0.05, 0.1) is 6.61 Å². The van der Waals surface area contributed by atoms with Gasteiger partial charge in [-0.2, -0.15) is 0 Å². The normalized spacial score (nSPS) is 10.2. The summed E-state index contributed by atoms with van der Waals surface area (Å²) in [5.41, 5.74) is 2.37. The van der Waals surface area contributed by atoms with Crippen molar-refractivity contribution in [2.75, 3.05) is 12.4 Å². The Balaban J connectivity index is 2.11. The number of methoxy groups -OCH3 is 1. The molecule has 1 amide bonds. The third-order valence-electron chi connectivity index (χ3n) is 2.60. The van der Waals surface area contributed by atoms with Crippen molar-refractivity contribution in [3.05, 3.63) is 64.1 Å². The Morgan fingerprint density at radius 3 is 2.63 bits per heavy atom. The molecule has 98 valence electrons. The molecule has 0 aliphatic rings. The molecule has 0 atom stereocenters. The third kappa shape index (κ3) is 3.91. The van der Waals surface area contributed by atoms with Gasteiger partial charge in [0.15, 0.2) is 0 Å². The summed E-state index contributed by atoms with van der Waals surface area (Å²) < 4.78 is 6.04. The van der Waals surface area contributed by atoms with Gasteiger partial charge in [-0.3, -0.25) is 4.79 Å². The Labute approximate surface area is 120 Å². The van der Waals surface area contributed by atoms with Crippen molar-refractivity contribution in [2.45, 2.75) is 6.61 Å². The number of anilines is 1. The number of amides is 1. The molecule has 0 saturated carbocycles. The molecule has 0 unspecified atom stereocenters. The van der Waals surface area contributed by atoms with E-state index in [1.165, 1.54) is 0 Å². The van der Waals surface area contributed by atoms with Crippen LogP contribution < -0.4 is 5.32 Å². The molecule has 0 spiro atoms. The molecule has 0 heterocycles. The fourth-order valence-electron chi connectivity index (χ4n) is 1.71. The van der Waals surface area contributed by atoms with E-state index in [1.54, 1.807) is 13.2 Å². The summed E-state index contributed by atoms with van der Waals surface area (Å²) in [4.78, 5) is 12.1. The topological polar surface area (TPSA) is 38.3 Å². The van der Waals surface area contributed by atoms with E-state index < -0.39 is 0 Å². The van der Waals surface area contributed by atoms with Crippen LogP contribution in [0.2, 0.25) is 0 Å². The van der Waals surface area contributed by atoms with Crippen molar-refractivity contribution in [1.29, 1.82) is 0 Å². The Bertz CT molecular complexity index is 567. The summed E-state index contributed by atoms with van der Waals surface area (Å²) in [6, 6.07) is 14.9. The smallest absolute Gasteiger partial charge is 0.255 e. The molecule has 2 aromatic rings. The number of carbonyl (C=O) groups excluding carboxylic acids is 1. The summed E-state index contributed by atoms with van der Waals surface area (Å²) in [5.74, 6) is -0.125. The van der Waals surface area contributed by atoms with Crippen molar-refractivity contribution in [2.24, 2.45) is 0 Å². The number of carbonyl (C=O) groups is 1. The molecule has 0 radical (unpaired) electrons. The number of benzene rings is 2. The minimum absolute atomic E-state index is 0.125. The summed E-state index contributed by atoms with van der Waals surface area (Å²) in [6.45, 7) is 0.499.